The largest absolute Gasteiger partial charge is 0.355 e. The van der Waals surface area contributed by atoms with E-state index in [1.54, 1.807) is 6.33 Å². The van der Waals surface area contributed by atoms with Crippen LogP contribution in [-0.2, 0) is 0 Å². The van der Waals surface area contributed by atoms with Crippen molar-refractivity contribution in [2.45, 2.75) is 44.6 Å². The van der Waals surface area contributed by atoms with Crippen LogP contribution in [0.25, 0.3) is 0 Å². The Morgan fingerprint density at radius 3 is 2.65 bits per heavy atom. The number of likely N-dealkylation sites (N-methyl/N-ethyl adjacent to an activating group) is 1. The van der Waals surface area contributed by atoms with Crippen molar-refractivity contribution in [2.24, 2.45) is 0 Å². The average Bonchev–Trinajstić information content (AvgIpc) is 3.37. The van der Waals surface area contributed by atoms with Crippen LogP contribution in [0, 0.1) is 6.92 Å². The number of anilines is 2. The molecule has 3 heterocycles. The zero-order valence-corrected chi connectivity index (χ0v) is 14.9. The molecule has 0 amide bonds. The maximum absolute atomic E-state index is 13.2. The topological polar surface area (TPSA) is 58.0 Å². The maximum atomic E-state index is 13.2. The standard InChI is InChI=1S/C18H22F2N6/c1-11-7-15(22-10-21-11)25(2)13-5-6-26(9-13)16-8-14(17(19)20)23-18(24-16)12-3-4-12/h7-8,10,12-13,17H,3-6,9H2,1-2H3. The van der Waals surface area contributed by atoms with Crippen molar-refractivity contribution in [2.75, 3.05) is 29.9 Å². The minimum atomic E-state index is -2.57. The molecule has 2 aromatic rings. The van der Waals surface area contributed by atoms with E-state index in [0.29, 0.717) is 11.6 Å². The first-order valence-electron chi connectivity index (χ1n) is 8.94. The molecule has 2 fully saturated rings. The van der Waals surface area contributed by atoms with Crippen molar-refractivity contribution in [3.63, 3.8) is 0 Å². The summed E-state index contributed by atoms with van der Waals surface area (Å²) in [6.07, 6.45) is 1.90. The quantitative estimate of drug-likeness (QED) is 0.817. The minimum absolute atomic E-state index is 0.167. The lowest BCUT2D eigenvalue weighted by atomic mass is 10.2. The Kier molecular flexibility index (Phi) is 4.42. The molecule has 1 atom stereocenters. The molecule has 2 aliphatic rings. The van der Waals surface area contributed by atoms with E-state index < -0.39 is 6.43 Å². The third-order valence-corrected chi connectivity index (χ3v) is 5.10. The predicted octanol–water partition coefficient (Wildman–Crippen LogP) is 3.11. The van der Waals surface area contributed by atoms with Gasteiger partial charge in [0, 0.05) is 49.9 Å². The average molecular weight is 360 g/mol. The Bertz CT molecular complexity index is 775. The number of hydrogen-bond acceptors (Lipinski definition) is 6. The van der Waals surface area contributed by atoms with E-state index >= 15 is 0 Å². The van der Waals surface area contributed by atoms with Crippen molar-refractivity contribution in [1.82, 2.24) is 19.9 Å². The molecule has 0 bridgehead atoms. The molecule has 1 unspecified atom stereocenters. The molecule has 138 valence electrons. The van der Waals surface area contributed by atoms with E-state index in [0.717, 1.165) is 43.9 Å². The highest BCUT2D eigenvalue weighted by Crippen LogP contribution is 2.39. The molecule has 8 heteroatoms. The summed E-state index contributed by atoms with van der Waals surface area (Å²) in [7, 11) is 2.01. The second-order valence-corrected chi connectivity index (χ2v) is 7.10. The molecule has 26 heavy (non-hydrogen) atoms. The van der Waals surface area contributed by atoms with Crippen LogP contribution < -0.4 is 9.80 Å². The summed E-state index contributed by atoms with van der Waals surface area (Å²) in [5.74, 6) is 2.31. The number of aryl methyl sites for hydroxylation is 1. The lowest BCUT2D eigenvalue weighted by Crippen LogP contribution is -2.35. The third kappa shape index (κ3) is 3.45. The first-order valence-corrected chi connectivity index (χ1v) is 8.94. The highest BCUT2D eigenvalue weighted by atomic mass is 19.3. The van der Waals surface area contributed by atoms with E-state index in [1.165, 1.54) is 6.07 Å². The van der Waals surface area contributed by atoms with Gasteiger partial charge in [-0.25, -0.2) is 28.7 Å². The van der Waals surface area contributed by atoms with Gasteiger partial charge < -0.3 is 9.80 Å². The van der Waals surface area contributed by atoms with E-state index in [9.17, 15) is 8.78 Å². The zero-order chi connectivity index (χ0) is 18.3. The molecular weight excluding hydrogens is 338 g/mol. The van der Waals surface area contributed by atoms with Crippen molar-refractivity contribution in [3.05, 3.63) is 35.7 Å². The molecule has 1 aliphatic carbocycles. The fraction of sp³-hybridized carbons (Fsp3) is 0.556. The molecule has 1 saturated carbocycles. The number of nitrogens with zero attached hydrogens (tertiary/aromatic N) is 6. The van der Waals surface area contributed by atoms with Gasteiger partial charge >= 0.3 is 0 Å². The molecule has 6 nitrogen and oxygen atoms in total. The predicted molar refractivity (Wildman–Crippen MR) is 94.8 cm³/mol. The number of alkyl halides is 2. The maximum Gasteiger partial charge on any atom is 0.280 e. The van der Waals surface area contributed by atoms with E-state index in [1.807, 2.05) is 20.0 Å². The highest BCUT2D eigenvalue weighted by Gasteiger charge is 2.32. The Morgan fingerprint density at radius 1 is 1.15 bits per heavy atom. The molecule has 4 rings (SSSR count). The van der Waals surface area contributed by atoms with Gasteiger partial charge in [0.15, 0.2) is 0 Å². The number of aromatic nitrogens is 4. The Hall–Kier alpha value is -2.38. The van der Waals surface area contributed by atoms with Crippen LogP contribution in [0.4, 0.5) is 20.4 Å². The number of rotatable bonds is 5. The highest BCUT2D eigenvalue weighted by molar-refractivity contribution is 5.46. The van der Waals surface area contributed by atoms with Gasteiger partial charge in [0.1, 0.15) is 29.5 Å². The van der Waals surface area contributed by atoms with Crippen molar-refractivity contribution in [1.29, 1.82) is 0 Å². The van der Waals surface area contributed by atoms with E-state index in [4.69, 9.17) is 0 Å². The van der Waals surface area contributed by atoms with Crippen molar-refractivity contribution >= 4 is 11.6 Å². The summed E-state index contributed by atoms with van der Waals surface area (Å²) in [5.41, 5.74) is 0.753. The Balaban J connectivity index is 1.53. The van der Waals surface area contributed by atoms with Gasteiger partial charge in [-0.15, -0.1) is 0 Å². The molecule has 0 aromatic carbocycles. The Morgan fingerprint density at radius 2 is 1.96 bits per heavy atom. The monoisotopic (exact) mass is 360 g/mol. The van der Waals surface area contributed by atoms with Crippen molar-refractivity contribution < 1.29 is 8.78 Å². The van der Waals surface area contributed by atoms with Crippen LogP contribution in [-0.4, -0.2) is 46.1 Å². The molecule has 2 aromatic heterocycles. The van der Waals surface area contributed by atoms with Gasteiger partial charge in [0.2, 0.25) is 0 Å². The van der Waals surface area contributed by atoms with Crippen LogP contribution in [0.2, 0.25) is 0 Å². The molecule has 1 aliphatic heterocycles. The lowest BCUT2D eigenvalue weighted by Gasteiger charge is -2.26. The smallest absolute Gasteiger partial charge is 0.280 e. The van der Waals surface area contributed by atoms with Crippen LogP contribution >= 0.6 is 0 Å². The van der Waals surface area contributed by atoms with Crippen LogP contribution in [0.5, 0.6) is 0 Å². The van der Waals surface area contributed by atoms with Crippen molar-refractivity contribution in [3.8, 4) is 0 Å². The van der Waals surface area contributed by atoms with Gasteiger partial charge in [-0.2, -0.15) is 0 Å². The minimum Gasteiger partial charge on any atom is -0.355 e. The van der Waals surface area contributed by atoms with Crippen LogP contribution in [0.15, 0.2) is 18.5 Å². The van der Waals surface area contributed by atoms with E-state index in [-0.39, 0.29) is 17.7 Å². The zero-order valence-electron chi connectivity index (χ0n) is 14.9. The van der Waals surface area contributed by atoms with Crippen LogP contribution in [0.3, 0.4) is 0 Å². The normalized spacial score (nSPS) is 20.0. The second-order valence-electron chi connectivity index (χ2n) is 7.10. The molecular formula is C18H22F2N6. The summed E-state index contributed by atoms with van der Waals surface area (Å²) in [4.78, 5) is 21.3. The summed E-state index contributed by atoms with van der Waals surface area (Å²) >= 11 is 0. The first kappa shape index (κ1) is 17.1. The van der Waals surface area contributed by atoms with Gasteiger partial charge in [-0.3, -0.25) is 0 Å². The second kappa shape index (κ2) is 6.74. The SMILES string of the molecule is Cc1cc(N(C)C2CCN(c3cc(C(F)F)nc(C4CC4)n3)C2)ncn1. The molecule has 0 N–H and O–H groups in total. The fourth-order valence-electron chi connectivity index (χ4n) is 3.36. The van der Waals surface area contributed by atoms with Gasteiger partial charge in [-0.05, 0) is 26.2 Å². The van der Waals surface area contributed by atoms with Crippen LogP contribution in [0.1, 0.15) is 48.8 Å². The Labute approximate surface area is 151 Å². The van der Waals surface area contributed by atoms with Gasteiger partial charge in [0.25, 0.3) is 6.43 Å². The summed E-state index contributed by atoms with van der Waals surface area (Å²) in [6, 6.07) is 3.64. The first-order chi connectivity index (χ1) is 12.5. The molecule has 1 saturated heterocycles. The number of halogens is 2. The summed E-state index contributed by atoms with van der Waals surface area (Å²) in [6.45, 7) is 3.44. The van der Waals surface area contributed by atoms with E-state index in [2.05, 4.69) is 29.7 Å². The summed E-state index contributed by atoms with van der Waals surface area (Å²) in [5, 5.41) is 0. The van der Waals surface area contributed by atoms with Gasteiger partial charge in [-0.1, -0.05) is 0 Å². The molecule has 0 spiro atoms. The fourth-order valence-corrected chi connectivity index (χ4v) is 3.36. The van der Waals surface area contributed by atoms with Gasteiger partial charge in [0.05, 0.1) is 0 Å². The third-order valence-electron chi connectivity index (χ3n) is 5.10. The molecule has 0 radical (unpaired) electrons. The summed E-state index contributed by atoms with van der Waals surface area (Å²) < 4.78 is 26.5. The lowest BCUT2D eigenvalue weighted by molar-refractivity contribution is 0.145. The number of hydrogen-bond donors (Lipinski definition) is 0.